The molecule has 36 heavy (non-hydrogen) atoms. The third-order valence-corrected chi connectivity index (χ3v) is 6.86. The smallest absolute Gasteiger partial charge is 0.274 e. The van der Waals surface area contributed by atoms with Crippen LogP contribution < -0.4 is 10.6 Å². The van der Waals surface area contributed by atoms with Gasteiger partial charge in [0, 0.05) is 24.7 Å². The first kappa shape index (κ1) is 23.7. The molecule has 0 radical (unpaired) electrons. The Bertz CT molecular complexity index is 1330. The number of aromatic nitrogens is 2. The molecule has 0 bridgehead atoms. The molecule has 1 aliphatic carbocycles. The van der Waals surface area contributed by atoms with Crippen molar-refractivity contribution in [1.29, 1.82) is 0 Å². The van der Waals surface area contributed by atoms with E-state index in [-0.39, 0.29) is 36.4 Å². The molecule has 3 aromatic rings. The zero-order valence-corrected chi connectivity index (χ0v) is 20.3. The number of halogens is 1. The monoisotopic (exact) mass is 489 g/mol. The first-order valence-electron chi connectivity index (χ1n) is 12.0. The van der Waals surface area contributed by atoms with E-state index >= 15 is 0 Å². The van der Waals surface area contributed by atoms with Crippen LogP contribution in [-0.4, -0.2) is 43.8 Å². The molecule has 1 saturated carbocycles. The van der Waals surface area contributed by atoms with Crippen molar-refractivity contribution in [3.8, 4) is 0 Å². The zero-order valence-electron chi connectivity index (χ0n) is 20.3. The van der Waals surface area contributed by atoms with Crippen molar-refractivity contribution in [2.75, 3.05) is 0 Å². The van der Waals surface area contributed by atoms with Gasteiger partial charge in [0.1, 0.15) is 17.1 Å². The minimum Gasteiger partial charge on any atom is -0.350 e. The van der Waals surface area contributed by atoms with Crippen LogP contribution in [0.1, 0.15) is 57.4 Å². The van der Waals surface area contributed by atoms with Crippen molar-refractivity contribution in [2.45, 2.75) is 57.9 Å². The van der Waals surface area contributed by atoms with Crippen molar-refractivity contribution in [2.24, 2.45) is 0 Å². The lowest BCUT2D eigenvalue weighted by molar-refractivity contribution is -0.133. The zero-order chi connectivity index (χ0) is 25.4. The highest BCUT2D eigenvalue weighted by Gasteiger charge is 2.53. The van der Waals surface area contributed by atoms with Crippen molar-refractivity contribution >= 4 is 17.7 Å². The van der Waals surface area contributed by atoms with Crippen LogP contribution in [0, 0.1) is 12.7 Å². The number of carbonyl (C=O) groups is 3. The van der Waals surface area contributed by atoms with E-state index < -0.39 is 23.2 Å². The summed E-state index contributed by atoms with van der Waals surface area (Å²) in [7, 11) is 0. The Morgan fingerprint density at radius 1 is 1.08 bits per heavy atom. The highest BCUT2D eigenvalue weighted by molar-refractivity contribution is 6.07. The third kappa shape index (κ3) is 4.36. The number of rotatable bonds is 7. The fourth-order valence-electron chi connectivity index (χ4n) is 4.70. The van der Waals surface area contributed by atoms with E-state index in [0.717, 1.165) is 24.0 Å². The Balaban J connectivity index is 1.36. The molecule has 2 aliphatic rings. The summed E-state index contributed by atoms with van der Waals surface area (Å²) >= 11 is 0. The predicted octanol–water partition coefficient (Wildman–Crippen LogP) is 2.95. The van der Waals surface area contributed by atoms with Crippen molar-refractivity contribution in [3.05, 3.63) is 88.8 Å². The molecule has 0 unspecified atom stereocenters. The SMILES string of the molecule is Cc1ccc(CNC(=O)[C@]2(C)Cn3cnc(C(=O)NCc4ccccc4F)c3C(=O)N2C2CC2)cc1. The van der Waals surface area contributed by atoms with Gasteiger partial charge in [-0.1, -0.05) is 48.0 Å². The third-order valence-electron chi connectivity index (χ3n) is 6.86. The summed E-state index contributed by atoms with van der Waals surface area (Å²) in [6.45, 7) is 4.26. The molecular formula is C27H28FN5O3. The minimum atomic E-state index is -1.13. The maximum atomic E-state index is 13.9. The molecule has 9 heteroatoms. The fourth-order valence-corrected chi connectivity index (χ4v) is 4.70. The fraction of sp³-hybridized carbons (Fsp3) is 0.333. The Morgan fingerprint density at radius 2 is 1.81 bits per heavy atom. The quantitative estimate of drug-likeness (QED) is 0.533. The van der Waals surface area contributed by atoms with Crippen LogP contribution in [0.2, 0.25) is 0 Å². The molecule has 0 spiro atoms. The van der Waals surface area contributed by atoms with Crippen LogP contribution >= 0.6 is 0 Å². The van der Waals surface area contributed by atoms with Crippen LogP contribution in [0.15, 0.2) is 54.9 Å². The number of nitrogens with one attached hydrogen (secondary N) is 2. The molecule has 1 atom stereocenters. The summed E-state index contributed by atoms with van der Waals surface area (Å²) in [5.74, 6) is -1.64. The van der Waals surface area contributed by atoms with Crippen LogP contribution in [-0.2, 0) is 24.4 Å². The summed E-state index contributed by atoms with van der Waals surface area (Å²) in [5, 5.41) is 5.64. The summed E-state index contributed by atoms with van der Waals surface area (Å²) in [4.78, 5) is 45.9. The van der Waals surface area contributed by atoms with Gasteiger partial charge in [-0.05, 0) is 38.3 Å². The van der Waals surface area contributed by atoms with Crippen LogP contribution in [0.5, 0.6) is 0 Å². The first-order valence-corrected chi connectivity index (χ1v) is 12.0. The Morgan fingerprint density at radius 3 is 2.50 bits per heavy atom. The predicted molar refractivity (Wildman–Crippen MR) is 130 cm³/mol. The Hall–Kier alpha value is -4.01. The van der Waals surface area contributed by atoms with Gasteiger partial charge in [-0.3, -0.25) is 14.4 Å². The number of aryl methyl sites for hydroxylation is 1. The lowest BCUT2D eigenvalue weighted by Crippen LogP contribution is -2.64. The van der Waals surface area contributed by atoms with Crippen molar-refractivity contribution < 1.29 is 18.8 Å². The van der Waals surface area contributed by atoms with E-state index in [1.54, 1.807) is 34.6 Å². The summed E-state index contributed by atoms with van der Waals surface area (Å²) < 4.78 is 15.5. The van der Waals surface area contributed by atoms with Gasteiger partial charge in [0.05, 0.1) is 12.9 Å². The van der Waals surface area contributed by atoms with Crippen LogP contribution in [0.25, 0.3) is 0 Å². The Labute approximate surface area is 208 Å². The second kappa shape index (κ2) is 9.22. The summed E-state index contributed by atoms with van der Waals surface area (Å²) in [6, 6.07) is 14.0. The molecule has 0 saturated heterocycles. The highest BCUT2D eigenvalue weighted by atomic mass is 19.1. The van der Waals surface area contributed by atoms with Gasteiger partial charge in [0.25, 0.3) is 11.8 Å². The van der Waals surface area contributed by atoms with Gasteiger partial charge in [0.15, 0.2) is 5.69 Å². The molecule has 3 amide bonds. The molecule has 8 nitrogen and oxygen atoms in total. The number of hydrogen-bond acceptors (Lipinski definition) is 4. The van der Waals surface area contributed by atoms with E-state index in [1.165, 1.54) is 12.4 Å². The standard InChI is InChI=1S/C27H28FN5O3/c1-17-7-9-18(10-8-17)13-30-26(36)27(2)15-32-16-31-22(23(32)25(35)33(27)20-11-12-20)24(34)29-14-19-5-3-4-6-21(19)28/h3-10,16,20H,11-15H2,1-2H3,(H,29,34)(H,30,36)/t27-/m0/s1. The molecule has 2 heterocycles. The molecule has 5 rings (SSSR count). The van der Waals surface area contributed by atoms with Gasteiger partial charge < -0.3 is 20.1 Å². The number of benzene rings is 2. The number of hydrogen-bond donors (Lipinski definition) is 2. The number of carbonyl (C=O) groups excluding carboxylic acids is 3. The summed E-state index contributed by atoms with van der Waals surface area (Å²) in [5.41, 5.74) is 1.44. The highest BCUT2D eigenvalue weighted by Crippen LogP contribution is 2.38. The number of amides is 3. The van der Waals surface area contributed by atoms with E-state index in [1.807, 2.05) is 31.2 Å². The van der Waals surface area contributed by atoms with Gasteiger partial charge in [-0.2, -0.15) is 0 Å². The number of fused-ring (bicyclic) bond motifs is 1. The van der Waals surface area contributed by atoms with E-state index in [4.69, 9.17) is 0 Å². The normalized spacial score (nSPS) is 19.1. The van der Waals surface area contributed by atoms with E-state index in [9.17, 15) is 18.8 Å². The van der Waals surface area contributed by atoms with Gasteiger partial charge in [-0.25, -0.2) is 9.37 Å². The largest absolute Gasteiger partial charge is 0.350 e. The molecule has 1 aliphatic heterocycles. The van der Waals surface area contributed by atoms with Crippen molar-refractivity contribution in [3.63, 3.8) is 0 Å². The van der Waals surface area contributed by atoms with Crippen LogP contribution in [0.4, 0.5) is 4.39 Å². The molecule has 2 N–H and O–H groups in total. The van der Waals surface area contributed by atoms with E-state index in [0.29, 0.717) is 12.1 Å². The maximum absolute atomic E-state index is 13.9. The number of imidazole rings is 1. The average Bonchev–Trinajstić information content (AvgIpc) is 3.60. The minimum absolute atomic E-state index is 0.0240. The maximum Gasteiger partial charge on any atom is 0.274 e. The molecule has 2 aromatic carbocycles. The van der Waals surface area contributed by atoms with Gasteiger partial charge >= 0.3 is 0 Å². The Kier molecular flexibility index (Phi) is 6.07. The van der Waals surface area contributed by atoms with Gasteiger partial charge in [0.2, 0.25) is 5.91 Å². The van der Waals surface area contributed by atoms with Crippen LogP contribution in [0.3, 0.4) is 0 Å². The molecule has 1 aromatic heterocycles. The lowest BCUT2D eigenvalue weighted by atomic mass is 9.93. The molecular weight excluding hydrogens is 461 g/mol. The van der Waals surface area contributed by atoms with E-state index in [2.05, 4.69) is 15.6 Å². The number of nitrogens with zero attached hydrogens (tertiary/aromatic N) is 3. The second-order valence-electron chi connectivity index (χ2n) is 9.69. The first-order chi connectivity index (χ1) is 17.3. The average molecular weight is 490 g/mol. The topological polar surface area (TPSA) is 96.3 Å². The van der Waals surface area contributed by atoms with Gasteiger partial charge in [-0.15, -0.1) is 0 Å². The molecule has 1 fully saturated rings. The molecule has 186 valence electrons. The second-order valence-corrected chi connectivity index (χ2v) is 9.69. The van der Waals surface area contributed by atoms with Crippen molar-refractivity contribution in [1.82, 2.24) is 25.1 Å². The summed E-state index contributed by atoms with van der Waals surface area (Å²) in [6.07, 6.45) is 3.02. The lowest BCUT2D eigenvalue weighted by Gasteiger charge is -2.44.